The Kier molecular flexibility index (Phi) is 6.01. The summed E-state index contributed by atoms with van der Waals surface area (Å²) in [7, 11) is 0. The average Bonchev–Trinajstić information content (AvgIpc) is 2.95. The van der Waals surface area contributed by atoms with Crippen molar-refractivity contribution in [1.29, 1.82) is 0 Å². The van der Waals surface area contributed by atoms with Crippen LogP contribution in [0.25, 0.3) is 6.08 Å². The van der Waals surface area contributed by atoms with Gasteiger partial charge >= 0.3 is 0 Å². The zero-order chi connectivity index (χ0) is 18.5. The lowest BCUT2D eigenvalue weighted by atomic mass is 10.2. The van der Waals surface area contributed by atoms with Crippen molar-refractivity contribution in [2.24, 2.45) is 10.9 Å². The third-order valence-corrected chi connectivity index (χ3v) is 4.72. The largest absolute Gasteiger partial charge is 0.493 e. The quantitative estimate of drug-likeness (QED) is 0.712. The number of carbonyl (C=O) groups excluding carboxylic acids is 1. The van der Waals surface area contributed by atoms with Crippen molar-refractivity contribution >= 4 is 46.2 Å². The number of amidine groups is 1. The first kappa shape index (κ1) is 18.5. The molecule has 0 bridgehead atoms. The Balaban J connectivity index is 1.71. The highest BCUT2D eigenvalue weighted by Gasteiger charge is 2.24. The van der Waals surface area contributed by atoms with E-state index in [0.29, 0.717) is 33.3 Å². The van der Waals surface area contributed by atoms with Crippen molar-refractivity contribution in [3.63, 3.8) is 0 Å². The standard InChI is InChI=1S/C20H19ClN2O2S/c1-13(2)12-25-15-9-7-14(8-10-15)11-18-19(24)23-20(26-18)22-17-6-4-3-5-16(17)21/h3-11,13H,12H2,1-2H3,(H,22,23,24)/b18-11-. The number of halogens is 1. The summed E-state index contributed by atoms with van der Waals surface area (Å²) in [4.78, 5) is 17.2. The Labute approximate surface area is 162 Å². The van der Waals surface area contributed by atoms with Crippen LogP contribution in [0.4, 0.5) is 5.69 Å². The van der Waals surface area contributed by atoms with Crippen molar-refractivity contribution in [3.8, 4) is 5.75 Å². The van der Waals surface area contributed by atoms with Crippen molar-refractivity contribution in [2.75, 3.05) is 6.61 Å². The molecule has 1 amide bonds. The summed E-state index contributed by atoms with van der Waals surface area (Å²) in [6.07, 6.45) is 1.83. The molecule has 0 saturated carbocycles. The van der Waals surface area contributed by atoms with E-state index in [2.05, 4.69) is 24.2 Å². The summed E-state index contributed by atoms with van der Waals surface area (Å²) < 4.78 is 5.67. The van der Waals surface area contributed by atoms with Gasteiger partial charge in [0.2, 0.25) is 0 Å². The highest BCUT2D eigenvalue weighted by atomic mass is 35.5. The van der Waals surface area contributed by atoms with E-state index in [1.165, 1.54) is 11.8 Å². The van der Waals surface area contributed by atoms with Gasteiger partial charge < -0.3 is 10.1 Å². The Morgan fingerprint density at radius 1 is 1.19 bits per heavy atom. The van der Waals surface area contributed by atoms with Crippen LogP contribution in [0.1, 0.15) is 19.4 Å². The number of ether oxygens (including phenoxy) is 1. The molecule has 0 aromatic heterocycles. The van der Waals surface area contributed by atoms with E-state index in [9.17, 15) is 4.79 Å². The molecule has 1 saturated heterocycles. The monoisotopic (exact) mass is 386 g/mol. The second kappa shape index (κ2) is 8.43. The summed E-state index contributed by atoms with van der Waals surface area (Å²) in [5.74, 6) is 1.14. The van der Waals surface area contributed by atoms with Crippen LogP contribution < -0.4 is 10.1 Å². The van der Waals surface area contributed by atoms with E-state index in [0.717, 1.165) is 11.3 Å². The van der Waals surface area contributed by atoms with Gasteiger partial charge in [-0.05, 0) is 53.6 Å². The summed E-state index contributed by atoms with van der Waals surface area (Å²) in [6.45, 7) is 4.90. The van der Waals surface area contributed by atoms with Gasteiger partial charge in [-0.3, -0.25) is 4.79 Å². The van der Waals surface area contributed by atoms with Crippen molar-refractivity contribution in [3.05, 3.63) is 64.0 Å². The SMILES string of the molecule is CC(C)COc1ccc(/C=C2\SC(=Nc3ccccc3Cl)NC2=O)cc1. The second-order valence-corrected chi connectivity index (χ2v) is 7.64. The third kappa shape index (κ3) is 4.90. The zero-order valence-electron chi connectivity index (χ0n) is 14.5. The van der Waals surface area contributed by atoms with Gasteiger partial charge in [-0.15, -0.1) is 0 Å². The Morgan fingerprint density at radius 2 is 1.92 bits per heavy atom. The van der Waals surface area contributed by atoms with Gasteiger partial charge in [-0.1, -0.05) is 49.7 Å². The number of nitrogens with one attached hydrogen (secondary N) is 1. The number of rotatable bonds is 5. The van der Waals surface area contributed by atoms with Crippen molar-refractivity contribution < 1.29 is 9.53 Å². The van der Waals surface area contributed by atoms with Crippen LogP contribution in [-0.4, -0.2) is 17.7 Å². The van der Waals surface area contributed by atoms with E-state index >= 15 is 0 Å². The molecule has 134 valence electrons. The van der Waals surface area contributed by atoms with Crippen LogP contribution >= 0.6 is 23.4 Å². The molecule has 0 atom stereocenters. The normalized spacial score (nSPS) is 17.2. The molecule has 26 heavy (non-hydrogen) atoms. The van der Waals surface area contributed by atoms with Gasteiger partial charge in [-0.2, -0.15) is 0 Å². The summed E-state index contributed by atoms with van der Waals surface area (Å²) in [5.41, 5.74) is 1.56. The number of aliphatic imine (C=N–C) groups is 1. The van der Waals surface area contributed by atoms with Gasteiger partial charge in [0.05, 0.1) is 22.2 Å². The Hall–Kier alpha value is -2.24. The molecule has 1 fully saturated rings. The fraction of sp³-hybridized carbons (Fsp3) is 0.200. The first-order chi connectivity index (χ1) is 12.5. The molecule has 0 aliphatic carbocycles. The molecule has 1 heterocycles. The number of amides is 1. The first-order valence-corrected chi connectivity index (χ1v) is 9.47. The van der Waals surface area contributed by atoms with Gasteiger partial charge in [0.1, 0.15) is 5.75 Å². The predicted octanol–water partition coefficient (Wildman–Crippen LogP) is 5.27. The smallest absolute Gasteiger partial charge is 0.264 e. The topological polar surface area (TPSA) is 50.7 Å². The number of benzene rings is 2. The lowest BCUT2D eigenvalue weighted by molar-refractivity contribution is -0.115. The molecule has 1 aliphatic heterocycles. The van der Waals surface area contributed by atoms with Crippen molar-refractivity contribution in [2.45, 2.75) is 13.8 Å². The number of nitrogens with zero attached hydrogens (tertiary/aromatic N) is 1. The molecule has 0 spiro atoms. The molecular weight excluding hydrogens is 368 g/mol. The molecule has 1 N–H and O–H groups in total. The number of hydrogen-bond acceptors (Lipinski definition) is 4. The number of hydrogen-bond donors (Lipinski definition) is 1. The number of para-hydroxylation sites is 1. The van der Waals surface area contributed by atoms with Gasteiger partial charge in [0, 0.05) is 0 Å². The van der Waals surface area contributed by atoms with Crippen LogP contribution in [0, 0.1) is 5.92 Å². The highest BCUT2D eigenvalue weighted by Crippen LogP contribution is 2.30. The number of thioether (sulfide) groups is 1. The summed E-state index contributed by atoms with van der Waals surface area (Å²) >= 11 is 7.41. The van der Waals surface area contributed by atoms with Crippen LogP contribution in [0.15, 0.2) is 58.4 Å². The van der Waals surface area contributed by atoms with Crippen LogP contribution in [0.5, 0.6) is 5.75 Å². The Morgan fingerprint density at radius 3 is 2.62 bits per heavy atom. The Bertz CT molecular complexity index is 860. The maximum absolute atomic E-state index is 12.2. The van der Waals surface area contributed by atoms with Gasteiger partial charge in [0.15, 0.2) is 5.17 Å². The second-order valence-electron chi connectivity index (χ2n) is 6.21. The van der Waals surface area contributed by atoms with E-state index in [1.807, 2.05) is 42.5 Å². The minimum atomic E-state index is -0.166. The minimum Gasteiger partial charge on any atom is -0.493 e. The maximum Gasteiger partial charge on any atom is 0.264 e. The lowest BCUT2D eigenvalue weighted by Crippen LogP contribution is -2.19. The molecule has 4 nitrogen and oxygen atoms in total. The predicted molar refractivity (Wildman–Crippen MR) is 109 cm³/mol. The maximum atomic E-state index is 12.2. The zero-order valence-corrected chi connectivity index (χ0v) is 16.1. The highest BCUT2D eigenvalue weighted by molar-refractivity contribution is 8.18. The molecule has 0 unspecified atom stereocenters. The summed E-state index contributed by atoms with van der Waals surface area (Å²) in [6, 6.07) is 14.9. The van der Waals surface area contributed by atoms with E-state index < -0.39 is 0 Å². The van der Waals surface area contributed by atoms with E-state index in [-0.39, 0.29) is 5.91 Å². The molecular formula is C20H19ClN2O2S. The molecule has 6 heteroatoms. The molecule has 2 aromatic rings. The molecule has 3 rings (SSSR count). The molecule has 1 aliphatic rings. The van der Waals surface area contributed by atoms with Crippen LogP contribution in [0.3, 0.4) is 0 Å². The fourth-order valence-electron chi connectivity index (χ4n) is 2.21. The van der Waals surface area contributed by atoms with Gasteiger partial charge in [-0.25, -0.2) is 4.99 Å². The number of carbonyl (C=O) groups is 1. The van der Waals surface area contributed by atoms with Crippen molar-refractivity contribution in [1.82, 2.24) is 5.32 Å². The average molecular weight is 387 g/mol. The van der Waals surface area contributed by atoms with E-state index in [1.54, 1.807) is 12.1 Å². The summed E-state index contributed by atoms with van der Waals surface area (Å²) in [5, 5.41) is 3.83. The first-order valence-electron chi connectivity index (χ1n) is 8.28. The third-order valence-electron chi connectivity index (χ3n) is 3.49. The lowest BCUT2D eigenvalue weighted by Gasteiger charge is -2.08. The van der Waals surface area contributed by atoms with Gasteiger partial charge in [0.25, 0.3) is 5.91 Å². The molecule has 2 aromatic carbocycles. The fourth-order valence-corrected chi connectivity index (χ4v) is 3.22. The van der Waals surface area contributed by atoms with Crippen LogP contribution in [0.2, 0.25) is 5.02 Å². The molecule has 0 radical (unpaired) electrons. The van der Waals surface area contributed by atoms with Crippen LogP contribution in [-0.2, 0) is 4.79 Å². The minimum absolute atomic E-state index is 0.166. The van der Waals surface area contributed by atoms with E-state index in [4.69, 9.17) is 16.3 Å².